The molecule has 0 amide bonds. The fourth-order valence-electron chi connectivity index (χ4n) is 2.98. The van der Waals surface area contributed by atoms with Gasteiger partial charge in [-0.15, -0.1) is 0 Å². The summed E-state index contributed by atoms with van der Waals surface area (Å²) in [5.74, 6) is 0. The summed E-state index contributed by atoms with van der Waals surface area (Å²) in [5.41, 5.74) is 0. The van der Waals surface area contributed by atoms with Crippen LogP contribution in [0.1, 0.15) is 110 Å². The topological polar surface area (TPSA) is 54.4 Å². The second-order valence-electron chi connectivity index (χ2n) is 6.60. The third-order valence-electron chi connectivity index (χ3n) is 4.41. The van der Waals surface area contributed by atoms with E-state index in [0.29, 0.717) is 12.8 Å². The molecule has 1 atom stereocenters. The van der Waals surface area contributed by atoms with Crippen LogP contribution in [-0.4, -0.2) is 47.8 Å². The second-order valence-corrected chi connectivity index (χ2v) is 8.30. The zero-order valence-corrected chi connectivity index (χ0v) is 15.7. The van der Waals surface area contributed by atoms with Crippen LogP contribution in [0.25, 0.3) is 0 Å². The Morgan fingerprint density at radius 1 is 0.652 bits per heavy atom. The molecule has 0 rings (SSSR count). The van der Waals surface area contributed by atoms with Crippen molar-refractivity contribution in [2.75, 3.05) is 0 Å². The van der Waals surface area contributed by atoms with Crippen molar-refractivity contribution >= 4 is 39.7 Å². The van der Waals surface area contributed by atoms with Gasteiger partial charge in [0, 0.05) is 0 Å². The van der Waals surface area contributed by atoms with Crippen molar-refractivity contribution in [3.8, 4) is 0 Å². The molecule has 0 heterocycles. The van der Waals surface area contributed by atoms with Gasteiger partial charge >= 0.3 is 29.6 Å². The average molecular weight is 359 g/mol. The predicted octanol–water partition coefficient (Wildman–Crippen LogP) is 5.49. The number of rotatable bonds is 16. The third kappa shape index (κ3) is 17.5. The van der Waals surface area contributed by atoms with E-state index >= 15 is 0 Å². The van der Waals surface area contributed by atoms with Gasteiger partial charge in [0.1, 0.15) is 0 Å². The van der Waals surface area contributed by atoms with Crippen molar-refractivity contribution in [1.29, 1.82) is 0 Å². The van der Waals surface area contributed by atoms with Crippen LogP contribution in [0.2, 0.25) is 0 Å². The van der Waals surface area contributed by atoms with Gasteiger partial charge in [0.05, 0.1) is 5.25 Å². The average Bonchev–Trinajstić information content (AvgIpc) is 2.46. The number of hydrogen-bond acceptors (Lipinski definition) is 2. The molecule has 0 aliphatic heterocycles. The first-order chi connectivity index (χ1) is 10.5. The van der Waals surface area contributed by atoms with E-state index in [1.165, 1.54) is 64.2 Å². The van der Waals surface area contributed by atoms with Gasteiger partial charge in [-0.2, -0.15) is 8.42 Å². The molecule has 0 spiro atoms. The van der Waals surface area contributed by atoms with E-state index in [2.05, 4.69) is 6.92 Å². The summed E-state index contributed by atoms with van der Waals surface area (Å²) >= 11 is 0. The molecule has 0 saturated carbocycles. The summed E-state index contributed by atoms with van der Waals surface area (Å²) in [7, 11) is -3.84. The fourth-order valence-corrected chi connectivity index (χ4v) is 3.98. The molecule has 0 aliphatic carbocycles. The van der Waals surface area contributed by atoms with Crippen molar-refractivity contribution in [1.82, 2.24) is 0 Å². The number of hydrogen-bond donors (Lipinski definition) is 1. The summed E-state index contributed by atoms with van der Waals surface area (Å²) in [5, 5.41) is -0.541. The minimum atomic E-state index is -3.84. The summed E-state index contributed by atoms with van der Waals surface area (Å²) in [6, 6.07) is 0. The molecular weight excluding hydrogens is 319 g/mol. The van der Waals surface area contributed by atoms with E-state index in [4.69, 9.17) is 4.55 Å². The van der Waals surface area contributed by atoms with Gasteiger partial charge in [-0.25, -0.2) is 0 Å². The van der Waals surface area contributed by atoms with Crippen molar-refractivity contribution in [3.05, 3.63) is 0 Å². The zero-order valence-electron chi connectivity index (χ0n) is 14.9. The summed E-state index contributed by atoms with van der Waals surface area (Å²) < 4.78 is 31.6. The first-order valence-electron chi connectivity index (χ1n) is 9.48. The molecule has 1 unspecified atom stereocenters. The molecule has 0 aromatic heterocycles. The normalized spacial score (nSPS) is 12.8. The first-order valence-corrected chi connectivity index (χ1v) is 11.0. The van der Waals surface area contributed by atoms with Gasteiger partial charge in [-0.05, 0) is 12.8 Å². The monoisotopic (exact) mass is 358 g/mol. The molecule has 0 radical (unpaired) electrons. The van der Waals surface area contributed by atoms with Crippen LogP contribution in [0.3, 0.4) is 0 Å². The molecule has 23 heavy (non-hydrogen) atoms. The Morgan fingerprint density at radius 2 is 1.04 bits per heavy atom. The maximum atomic E-state index is 11.2. The Hall–Kier alpha value is 0.910. The Kier molecular flexibility index (Phi) is 20.1. The summed E-state index contributed by atoms with van der Waals surface area (Å²) in [4.78, 5) is 0. The van der Waals surface area contributed by atoms with Gasteiger partial charge in [0.2, 0.25) is 0 Å². The Balaban J connectivity index is 0. The minimum absolute atomic E-state index is 0. The van der Waals surface area contributed by atoms with Crippen molar-refractivity contribution < 1.29 is 13.0 Å². The molecule has 136 valence electrons. The van der Waals surface area contributed by atoms with Crippen molar-refractivity contribution in [2.45, 2.75) is 115 Å². The van der Waals surface area contributed by atoms with Crippen LogP contribution in [0, 0.1) is 0 Å². The van der Waals surface area contributed by atoms with Crippen LogP contribution < -0.4 is 0 Å². The molecular formula is C18H39NaO3S. The van der Waals surface area contributed by atoms with Crippen LogP contribution in [0.5, 0.6) is 0 Å². The van der Waals surface area contributed by atoms with Gasteiger partial charge in [0.25, 0.3) is 10.1 Å². The Morgan fingerprint density at radius 3 is 1.39 bits per heavy atom. The Labute approximate surface area is 167 Å². The van der Waals surface area contributed by atoms with Gasteiger partial charge in [0.15, 0.2) is 0 Å². The van der Waals surface area contributed by atoms with E-state index in [0.717, 1.165) is 19.3 Å². The quantitative estimate of drug-likeness (QED) is 0.226. The van der Waals surface area contributed by atoms with Crippen LogP contribution in [0.4, 0.5) is 0 Å². The maximum absolute atomic E-state index is 11.2. The molecule has 0 aromatic rings. The molecule has 0 bridgehead atoms. The third-order valence-corrected chi connectivity index (χ3v) is 5.73. The molecule has 1 N–H and O–H groups in total. The first kappa shape index (κ1) is 26.1. The number of unbranched alkanes of at least 4 members (excludes halogenated alkanes) is 11. The van der Waals surface area contributed by atoms with Crippen LogP contribution in [-0.2, 0) is 10.1 Å². The molecule has 0 fully saturated rings. The fraction of sp³-hybridized carbons (Fsp3) is 1.00. The van der Waals surface area contributed by atoms with E-state index in [1.54, 1.807) is 0 Å². The molecule has 0 aromatic carbocycles. The summed E-state index contributed by atoms with van der Waals surface area (Å²) in [6.07, 6.45) is 17.3. The molecule has 0 saturated heterocycles. The van der Waals surface area contributed by atoms with Crippen LogP contribution >= 0.6 is 0 Å². The second kappa shape index (κ2) is 17.7. The van der Waals surface area contributed by atoms with E-state index in [1.807, 2.05) is 6.92 Å². The SMILES string of the molecule is CCCCCCCCCCCCCCC(CCC)S(=O)(=O)O.[NaH]. The van der Waals surface area contributed by atoms with E-state index in [-0.39, 0.29) is 29.6 Å². The van der Waals surface area contributed by atoms with Crippen LogP contribution in [0.15, 0.2) is 0 Å². The van der Waals surface area contributed by atoms with Gasteiger partial charge < -0.3 is 0 Å². The molecule has 3 nitrogen and oxygen atoms in total. The van der Waals surface area contributed by atoms with Crippen molar-refractivity contribution in [3.63, 3.8) is 0 Å². The van der Waals surface area contributed by atoms with Crippen molar-refractivity contribution in [2.24, 2.45) is 0 Å². The summed E-state index contributed by atoms with van der Waals surface area (Å²) in [6.45, 7) is 4.21. The van der Waals surface area contributed by atoms with E-state index in [9.17, 15) is 8.42 Å². The predicted molar refractivity (Wildman–Crippen MR) is 103 cm³/mol. The van der Waals surface area contributed by atoms with Gasteiger partial charge in [-0.1, -0.05) is 97.3 Å². The van der Waals surface area contributed by atoms with E-state index < -0.39 is 15.4 Å². The molecule has 0 aliphatic rings. The zero-order chi connectivity index (χ0) is 16.7. The van der Waals surface area contributed by atoms with Gasteiger partial charge in [-0.3, -0.25) is 4.55 Å². The Bertz CT molecular complexity index is 331. The standard InChI is InChI=1S/C18H38O3S.Na.H/c1-3-5-6-7-8-9-10-11-12-13-14-15-17-18(16-4-2)22(19,20)21;;/h18H,3-17H2,1-2H3,(H,19,20,21);;. The molecule has 5 heteroatoms.